The molecule has 1 rings (SSSR count). The molecule has 1 aliphatic rings. The van der Waals surface area contributed by atoms with E-state index >= 15 is 0 Å². The van der Waals surface area contributed by atoms with E-state index in [1.165, 1.54) is 0 Å². The maximum absolute atomic E-state index is 12.0. The van der Waals surface area contributed by atoms with Crippen molar-refractivity contribution in [2.24, 2.45) is 11.8 Å². The Morgan fingerprint density at radius 1 is 1.35 bits per heavy atom. The van der Waals surface area contributed by atoms with Gasteiger partial charge in [0.15, 0.2) is 0 Å². The molecular formula is C15H28N2O3. The van der Waals surface area contributed by atoms with Gasteiger partial charge >= 0.3 is 5.97 Å². The van der Waals surface area contributed by atoms with E-state index in [0.717, 1.165) is 19.4 Å². The number of ether oxygens (including phenoxy) is 1. The number of carbonyl (C=O) groups is 2. The van der Waals surface area contributed by atoms with Crippen molar-refractivity contribution in [1.82, 2.24) is 10.2 Å². The Morgan fingerprint density at radius 2 is 2.05 bits per heavy atom. The molecule has 1 saturated heterocycles. The van der Waals surface area contributed by atoms with Gasteiger partial charge in [-0.25, -0.2) is 0 Å². The summed E-state index contributed by atoms with van der Waals surface area (Å²) in [4.78, 5) is 25.8. The van der Waals surface area contributed by atoms with E-state index < -0.39 is 0 Å². The lowest BCUT2D eigenvalue weighted by molar-refractivity contribution is -0.150. The molecule has 1 amide bonds. The lowest BCUT2D eigenvalue weighted by Gasteiger charge is -2.31. The van der Waals surface area contributed by atoms with Crippen LogP contribution in [-0.4, -0.2) is 49.1 Å². The van der Waals surface area contributed by atoms with Crippen molar-refractivity contribution in [2.45, 2.75) is 46.6 Å². The summed E-state index contributed by atoms with van der Waals surface area (Å²) in [5, 5.41) is 3.00. The van der Waals surface area contributed by atoms with E-state index in [1.54, 1.807) is 0 Å². The van der Waals surface area contributed by atoms with Gasteiger partial charge in [-0.1, -0.05) is 13.8 Å². The van der Waals surface area contributed by atoms with E-state index in [0.29, 0.717) is 25.6 Å². The fourth-order valence-electron chi connectivity index (χ4n) is 2.32. The topological polar surface area (TPSA) is 58.6 Å². The highest BCUT2D eigenvalue weighted by Crippen LogP contribution is 2.17. The number of carbonyl (C=O) groups excluding carboxylic acids is 2. The standard InChI is InChI=1S/C15H28N2O3/c1-5-20-15(19)13-7-6-8-17(9-13)10-14(18)16-12(4)11(2)3/h11-13H,5-10H2,1-4H3,(H,16,18). The smallest absolute Gasteiger partial charge is 0.310 e. The number of nitrogens with zero attached hydrogens (tertiary/aromatic N) is 1. The third-order valence-corrected chi connectivity index (χ3v) is 3.88. The second-order valence-electron chi connectivity index (χ2n) is 5.93. The fourth-order valence-corrected chi connectivity index (χ4v) is 2.32. The number of hydrogen-bond donors (Lipinski definition) is 1. The minimum absolute atomic E-state index is 0.0377. The first kappa shape index (κ1) is 17.0. The van der Waals surface area contributed by atoms with Crippen LogP contribution in [-0.2, 0) is 14.3 Å². The number of amides is 1. The van der Waals surface area contributed by atoms with Gasteiger partial charge in [-0.15, -0.1) is 0 Å². The predicted molar refractivity (Wildman–Crippen MR) is 78.2 cm³/mol. The zero-order chi connectivity index (χ0) is 15.1. The predicted octanol–water partition coefficient (Wildman–Crippen LogP) is 1.42. The molecule has 20 heavy (non-hydrogen) atoms. The van der Waals surface area contributed by atoms with Gasteiger partial charge in [0.1, 0.15) is 0 Å². The summed E-state index contributed by atoms with van der Waals surface area (Å²) in [5.41, 5.74) is 0. The highest BCUT2D eigenvalue weighted by Gasteiger charge is 2.27. The van der Waals surface area contributed by atoms with Crippen molar-refractivity contribution < 1.29 is 14.3 Å². The molecular weight excluding hydrogens is 256 g/mol. The quantitative estimate of drug-likeness (QED) is 0.750. The van der Waals surface area contributed by atoms with Crippen molar-refractivity contribution in [3.63, 3.8) is 0 Å². The number of likely N-dealkylation sites (tertiary alicyclic amines) is 1. The molecule has 5 heteroatoms. The first-order valence-electron chi connectivity index (χ1n) is 7.62. The lowest BCUT2D eigenvalue weighted by atomic mass is 9.98. The normalized spacial score (nSPS) is 21.6. The zero-order valence-corrected chi connectivity index (χ0v) is 13.1. The third-order valence-electron chi connectivity index (χ3n) is 3.88. The third kappa shape index (κ3) is 5.49. The highest BCUT2D eigenvalue weighted by molar-refractivity contribution is 5.78. The Labute approximate surface area is 122 Å². The Morgan fingerprint density at radius 3 is 2.65 bits per heavy atom. The van der Waals surface area contributed by atoms with Crippen molar-refractivity contribution in [1.29, 1.82) is 0 Å². The Kier molecular flexibility index (Phi) is 6.99. The van der Waals surface area contributed by atoms with Crippen LogP contribution in [0.25, 0.3) is 0 Å². The SMILES string of the molecule is CCOC(=O)C1CCCN(CC(=O)NC(C)C(C)C)C1. The molecule has 0 saturated carbocycles. The van der Waals surface area contributed by atoms with Crippen molar-refractivity contribution >= 4 is 11.9 Å². The lowest BCUT2D eigenvalue weighted by Crippen LogP contribution is -2.47. The monoisotopic (exact) mass is 284 g/mol. The van der Waals surface area contributed by atoms with Crippen LogP contribution in [0.2, 0.25) is 0 Å². The number of esters is 1. The molecule has 0 aromatic rings. The maximum Gasteiger partial charge on any atom is 0.310 e. The van der Waals surface area contributed by atoms with E-state index in [-0.39, 0.29) is 23.8 Å². The summed E-state index contributed by atoms with van der Waals surface area (Å²) < 4.78 is 5.06. The van der Waals surface area contributed by atoms with Gasteiger partial charge in [-0.2, -0.15) is 0 Å². The molecule has 0 aromatic carbocycles. The summed E-state index contributed by atoms with van der Waals surface area (Å²) in [6, 6.07) is 0.174. The van der Waals surface area contributed by atoms with Gasteiger partial charge in [0.2, 0.25) is 5.91 Å². The fraction of sp³-hybridized carbons (Fsp3) is 0.867. The number of nitrogens with one attached hydrogen (secondary N) is 1. The zero-order valence-electron chi connectivity index (χ0n) is 13.1. The minimum atomic E-state index is -0.131. The molecule has 0 bridgehead atoms. The molecule has 0 aliphatic carbocycles. The van der Waals surface area contributed by atoms with Crippen LogP contribution in [0.1, 0.15) is 40.5 Å². The molecule has 1 aliphatic heterocycles. The molecule has 0 aromatic heterocycles. The molecule has 2 atom stereocenters. The van der Waals surface area contributed by atoms with Crippen LogP contribution in [0.5, 0.6) is 0 Å². The van der Waals surface area contributed by atoms with Crippen LogP contribution in [0.15, 0.2) is 0 Å². The van der Waals surface area contributed by atoms with E-state index in [1.807, 2.05) is 18.7 Å². The second-order valence-corrected chi connectivity index (χ2v) is 5.93. The second kappa shape index (κ2) is 8.25. The van der Waals surface area contributed by atoms with Gasteiger partial charge < -0.3 is 10.1 Å². The molecule has 1 fully saturated rings. The van der Waals surface area contributed by atoms with E-state index in [2.05, 4.69) is 19.2 Å². The molecule has 1 N–H and O–H groups in total. The summed E-state index contributed by atoms with van der Waals surface area (Å²) in [6.07, 6.45) is 1.80. The Bertz CT molecular complexity index is 331. The number of piperidine rings is 1. The maximum atomic E-state index is 12.0. The van der Waals surface area contributed by atoms with Crippen LogP contribution < -0.4 is 5.32 Å². The molecule has 5 nitrogen and oxygen atoms in total. The van der Waals surface area contributed by atoms with Gasteiger partial charge in [0.05, 0.1) is 19.1 Å². The largest absolute Gasteiger partial charge is 0.466 e. The molecule has 2 unspecified atom stereocenters. The summed E-state index contributed by atoms with van der Waals surface area (Å²) >= 11 is 0. The average Bonchev–Trinajstić information content (AvgIpc) is 2.39. The number of hydrogen-bond acceptors (Lipinski definition) is 4. The average molecular weight is 284 g/mol. The van der Waals surface area contributed by atoms with Gasteiger partial charge in [0.25, 0.3) is 0 Å². The Hall–Kier alpha value is -1.10. The van der Waals surface area contributed by atoms with E-state index in [9.17, 15) is 9.59 Å². The van der Waals surface area contributed by atoms with Gasteiger partial charge in [-0.3, -0.25) is 14.5 Å². The van der Waals surface area contributed by atoms with Crippen LogP contribution >= 0.6 is 0 Å². The molecule has 0 radical (unpaired) electrons. The molecule has 1 heterocycles. The number of rotatable bonds is 6. The molecule has 0 spiro atoms. The van der Waals surface area contributed by atoms with E-state index in [4.69, 9.17) is 4.74 Å². The van der Waals surface area contributed by atoms with Gasteiger partial charge in [0, 0.05) is 12.6 Å². The van der Waals surface area contributed by atoms with Crippen LogP contribution in [0.3, 0.4) is 0 Å². The van der Waals surface area contributed by atoms with Crippen molar-refractivity contribution in [2.75, 3.05) is 26.2 Å². The minimum Gasteiger partial charge on any atom is -0.466 e. The van der Waals surface area contributed by atoms with Crippen molar-refractivity contribution in [3.05, 3.63) is 0 Å². The summed E-state index contributed by atoms with van der Waals surface area (Å²) in [6.45, 7) is 10.3. The Balaban J connectivity index is 2.40. The molecule has 116 valence electrons. The van der Waals surface area contributed by atoms with Crippen LogP contribution in [0.4, 0.5) is 0 Å². The van der Waals surface area contributed by atoms with Crippen molar-refractivity contribution in [3.8, 4) is 0 Å². The van der Waals surface area contributed by atoms with Crippen LogP contribution in [0, 0.1) is 11.8 Å². The summed E-state index contributed by atoms with van der Waals surface area (Å²) in [7, 11) is 0. The highest BCUT2D eigenvalue weighted by atomic mass is 16.5. The first-order valence-corrected chi connectivity index (χ1v) is 7.62. The summed E-state index contributed by atoms with van der Waals surface area (Å²) in [5.74, 6) is 0.246. The van der Waals surface area contributed by atoms with Gasteiger partial charge in [-0.05, 0) is 39.2 Å². The first-order chi connectivity index (χ1) is 9.43.